The number of aliphatic hydroxyl groups is 1. The van der Waals surface area contributed by atoms with E-state index in [1.807, 2.05) is 0 Å². The van der Waals surface area contributed by atoms with Crippen molar-refractivity contribution >= 4 is 0 Å². The van der Waals surface area contributed by atoms with Gasteiger partial charge in [0.1, 0.15) is 0 Å². The van der Waals surface area contributed by atoms with Crippen LogP contribution in [0.3, 0.4) is 0 Å². The van der Waals surface area contributed by atoms with Crippen LogP contribution in [-0.2, 0) is 0 Å². The summed E-state index contributed by atoms with van der Waals surface area (Å²) in [4.78, 5) is 0. The maximum Gasteiger partial charge on any atom is 0.0596 e. The third kappa shape index (κ3) is 4.48. The minimum absolute atomic E-state index is 0.0138. The predicted molar refractivity (Wildman–Crippen MR) is 86.7 cm³/mol. The number of hydrogen-bond acceptors (Lipinski definition) is 1. The molecule has 2 aliphatic rings. The highest BCUT2D eigenvalue weighted by atomic mass is 16.3. The van der Waals surface area contributed by atoms with Crippen LogP contribution in [0.5, 0.6) is 0 Å². The average molecular weight is 280 g/mol. The molecule has 0 amide bonds. The molecule has 1 heteroatoms. The molecule has 0 heterocycles. The van der Waals surface area contributed by atoms with Gasteiger partial charge in [-0.2, -0.15) is 0 Å². The molecule has 2 rings (SSSR count). The van der Waals surface area contributed by atoms with Crippen molar-refractivity contribution < 1.29 is 5.11 Å². The molecule has 1 nitrogen and oxygen atoms in total. The second-order valence-electron chi connectivity index (χ2n) is 7.60. The van der Waals surface area contributed by atoms with Crippen molar-refractivity contribution in [2.75, 3.05) is 0 Å². The summed E-state index contributed by atoms with van der Waals surface area (Å²) in [6.07, 6.45) is 16.2. The van der Waals surface area contributed by atoms with Crippen molar-refractivity contribution in [1.29, 1.82) is 0 Å². The SMILES string of the molecule is CCCCC1CCC(C(O)C2CCC(CC)CC2)CC1. The van der Waals surface area contributed by atoms with Gasteiger partial charge < -0.3 is 5.11 Å². The van der Waals surface area contributed by atoms with Crippen molar-refractivity contribution in [2.45, 2.75) is 97.0 Å². The fourth-order valence-electron chi connectivity index (χ4n) is 4.63. The summed E-state index contributed by atoms with van der Waals surface area (Å²) in [7, 11) is 0. The van der Waals surface area contributed by atoms with Crippen LogP contribution < -0.4 is 0 Å². The summed E-state index contributed by atoms with van der Waals surface area (Å²) >= 11 is 0. The molecule has 0 bridgehead atoms. The van der Waals surface area contributed by atoms with Gasteiger partial charge in [0.2, 0.25) is 0 Å². The Balaban J connectivity index is 1.70. The van der Waals surface area contributed by atoms with Gasteiger partial charge in [0.15, 0.2) is 0 Å². The zero-order valence-electron chi connectivity index (χ0n) is 13.8. The van der Waals surface area contributed by atoms with Crippen molar-refractivity contribution in [3.8, 4) is 0 Å². The number of aliphatic hydroxyl groups excluding tert-OH is 1. The largest absolute Gasteiger partial charge is 0.393 e. The minimum atomic E-state index is 0.0138. The molecule has 1 atom stereocenters. The van der Waals surface area contributed by atoms with Crippen molar-refractivity contribution in [3.63, 3.8) is 0 Å². The Labute approximate surface area is 126 Å². The third-order valence-electron chi connectivity index (χ3n) is 6.29. The van der Waals surface area contributed by atoms with E-state index in [4.69, 9.17) is 0 Å². The Hall–Kier alpha value is -0.0400. The van der Waals surface area contributed by atoms with Gasteiger partial charge in [-0.1, -0.05) is 65.2 Å². The molecule has 0 aromatic rings. The number of unbranched alkanes of at least 4 members (excludes halogenated alkanes) is 1. The first kappa shape index (κ1) is 16.3. The maximum atomic E-state index is 10.7. The first-order valence-electron chi connectivity index (χ1n) is 9.42. The van der Waals surface area contributed by atoms with Gasteiger partial charge >= 0.3 is 0 Å². The van der Waals surface area contributed by atoms with Crippen molar-refractivity contribution in [3.05, 3.63) is 0 Å². The maximum absolute atomic E-state index is 10.7. The van der Waals surface area contributed by atoms with Crippen LogP contribution in [0.25, 0.3) is 0 Å². The van der Waals surface area contributed by atoms with Gasteiger partial charge in [-0.25, -0.2) is 0 Å². The van der Waals surface area contributed by atoms with Crippen LogP contribution in [0.2, 0.25) is 0 Å². The van der Waals surface area contributed by atoms with E-state index in [0.29, 0.717) is 11.8 Å². The van der Waals surface area contributed by atoms with E-state index in [0.717, 1.165) is 11.8 Å². The molecule has 20 heavy (non-hydrogen) atoms. The monoisotopic (exact) mass is 280 g/mol. The van der Waals surface area contributed by atoms with Crippen LogP contribution in [0.1, 0.15) is 90.9 Å². The molecule has 0 aliphatic heterocycles. The van der Waals surface area contributed by atoms with Gasteiger partial charge in [-0.05, 0) is 49.4 Å². The average Bonchev–Trinajstić information content (AvgIpc) is 2.53. The fraction of sp³-hybridized carbons (Fsp3) is 1.00. The third-order valence-corrected chi connectivity index (χ3v) is 6.29. The summed E-state index contributed by atoms with van der Waals surface area (Å²) in [5, 5.41) is 10.7. The minimum Gasteiger partial charge on any atom is -0.393 e. The molecule has 0 aromatic carbocycles. The van der Waals surface area contributed by atoms with Gasteiger partial charge in [-0.3, -0.25) is 0 Å². The van der Waals surface area contributed by atoms with Crippen LogP contribution >= 0.6 is 0 Å². The molecule has 0 saturated heterocycles. The van der Waals surface area contributed by atoms with E-state index in [9.17, 15) is 5.11 Å². The Bertz CT molecular complexity index is 246. The molecular formula is C19H36O. The zero-order chi connectivity index (χ0) is 14.4. The van der Waals surface area contributed by atoms with Gasteiger partial charge in [0.05, 0.1) is 6.10 Å². The van der Waals surface area contributed by atoms with E-state index in [2.05, 4.69) is 13.8 Å². The fourth-order valence-corrected chi connectivity index (χ4v) is 4.63. The molecule has 2 aliphatic carbocycles. The van der Waals surface area contributed by atoms with Crippen LogP contribution in [-0.4, -0.2) is 11.2 Å². The first-order valence-corrected chi connectivity index (χ1v) is 9.42. The highest BCUT2D eigenvalue weighted by Crippen LogP contribution is 2.40. The molecule has 0 spiro atoms. The molecule has 2 saturated carbocycles. The predicted octanol–water partition coefficient (Wildman–Crippen LogP) is 5.56. The lowest BCUT2D eigenvalue weighted by molar-refractivity contribution is 0.00561. The Morgan fingerprint density at radius 2 is 1.30 bits per heavy atom. The molecule has 2 fully saturated rings. The first-order chi connectivity index (χ1) is 9.74. The Morgan fingerprint density at radius 3 is 1.75 bits per heavy atom. The summed E-state index contributed by atoms with van der Waals surface area (Å²) in [5.41, 5.74) is 0. The van der Waals surface area contributed by atoms with Crippen molar-refractivity contribution in [2.24, 2.45) is 23.7 Å². The van der Waals surface area contributed by atoms with E-state index in [1.54, 1.807) is 0 Å². The van der Waals surface area contributed by atoms with Crippen molar-refractivity contribution in [1.82, 2.24) is 0 Å². The summed E-state index contributed by atoms with van der Waals surface area (Å²) in [6, 6.07) is 0. The molecule has 0 radical (unpaired) electrons. The lowest BCUT2D eigenvalue weighted by Crippen LogP contribution is -2.34. The normalized spacial score (nSPS) is 36.8. The van der Waals surface area contributed by atoms with E-state index in [1.165, 1.54) is 77.0 Å². The lowest BCUT2D eigenvalue weighted by Gasteiger charge is -2.38. The van der Waals surface area contributed by atoms with Crippen LogP contribution in [0, 0.1) is 23.7 Å². The molecular weight excluding hydrogens is 244 g/mol. The lowest BCUT2D eigenvalue weighted by atomic mass is 9.70. The van der Waals surface area contributed by atoms with Crippen LogP contribution in [0.4, 0.5) is 0 Å². The standard InChI is InChI=1S/C19H36O/c1-3-5-6-16-9-13-18(14-10-16)19(20)17-11-7-15(4-2)8-12-17/h15-20H,3-14H2,1-2H3. The van der Waals surface area contributed by atoms with E-state index in [-0.39, 0.29) is 6.10 Å². The van der Waals surface area contributed by atoms with Gasteiger partial charge in [-0.15, -0.1) is 0 Å². The van der Waals surface area contributed by atoms with Gasteiger partial charge in [0.25, 0.3) is 0 Å². The number of rotatable bonds is 6. The van der Waals surface area contributed by atoms with E-state index >= 15 is 0 Å². The zero-order valence-corrected chi connectivity index (χ0v) is 13.8. The van der Waals surface area contributed by atoms with Crippen LogP contribution in [0.15, 0.2) is 0 Å². The van der Waals surface area contributed by atoms with Gasteiger partial charge in [0, 0.05) is 0 Å². The highest BCUT2D eigenvalue weighted by Gasteiger charge is 2.33. The molecule has 1 unspecified atom stereocenters. The summed E-state index contributed by atoms with van der Waals surface area (Å²) in [6.45, 7) is 4.61. The Morgan fingerprint density at radius 1 is 0.800 bits per heavy atom. The Kier molecular flexibility index (Phi) is 6.87. The topological polar surface area (TPSA) is 20.2 Å². The summed E-state index contributed by atoms with van der Waals surface area (Å²) in [5.74, 6) is 3.16. The quantitative estimate of drug-likeness (QED) is 0.675. The molecule has 0 aromatic heterocycles. The second kappa shape index (κ2) is 8.41. The summed E-state index contributed by atoms with van der Waals surface area (Å²) < 4.78 is 0. The molecule has 118 valence electrons. The second-order valence-corrected chi connectivity index (χ2v) is 7.60. The smallest absolute Gasteiger partial charge is 0.0596 e. The highest BCUT2D eigenvalue weighted by molar-refractivity contribution is 4.84. The molecule has 1 N–H and O–H groups in total. The number of hydrogen-bond donors (Lipinski definition) is 1. The van der Waals surface area contributed by atoms with E-state index < -0.39 is 0 Å².